The minimum atomic E-state index is -3.88. The predicted octanol–water partition coefficient (Wildman–Crippen LogP) is 5.48. The number of nitrogens with one attached hydrogen (secondary N) is 2. The Balaban J connectivity index is 1.50. The molecule has 2 aromatic heterocycles. The zero-order valence-electron chi connectivity index (χ0n) is 18.0. The average Bonchev–Trinajstić information content (AvgIpc) is 3.05. The van der Waals surface area contributed by atoms with Gasteiger partial charge in [-0.2, -0.15) is 0 Å². The van der Waals surface area contributed by atoms with E-state index in [4.69, 9.17) is 12.2 Å². The van der Waals surface area contributed by atoms with E-state index in [1.54, 1.807) is 19.9 Å². The van der Waals surface area contributed by atoms with Gasteiger partial charge in [0, 0.05) is 11.4 Å². The topological polar surface area (TPSA) is 134 Å². The van der Waals surface area contributed by atoms with Crippen molar-refractivity contribution in [1.29, 1.82) is 0 Å². The lowest BCUT2D eigenvalue weighted by molar-refractivity contribution is 0.436. The lowest BCUT2D eigenvalue weighted by Crippen LogP contribution is -2.15. The average molecular weight is 514 g/mol. The van der Waals surface area contributed by atoms with Crippen LogP contribution in [0.4, 0.5) is 22.3 Å². The van der Waals surface area contributed by atoms with Crippen molar-refractivity contribution in [2.75, 3.05) is 10.1 Å². The van der Waals surface area contributed by atoms with Crippen molar-refractivity contribution in [3.63, 3.8) is 0 Å². The molecule has 4 aromatic rings. The van der Waals surface area contributed by atoms with E-state index < -0.39 is 10.0 Å². The van der Waals surface area contributed by atoms with Crippen LogP contribution in [-0.2, 0) is 10.0 Å². The smallest absolute Gasteiger partial charge is 0.264 e. The van der Waals surface area contributed by atoms with E-state index in [2.05, 4.69) is 30.3 Å². The van der Waals surface area contributed by atoms with Gasteiger partial charge in [-0.25, -0.2) is 27.8 Å². The van der Waals surface area contributed by atoms with Crippen LogP contribution in [0.25, 0.3) is 0 Å². The van der Waals surface area contributed by atoms with Crippen LogP contribution >= 0.6 is 23.6 Å². The van der Waals surface area contributed by atoms with Gasteiger partial charge in [-0.3, -0.25) is 5.43 Å². The Hall–Kier alpha value is -3.68. The van der Waals surface area contributed by atoms with E-state index >= 15 is 0 Å². The van der Waals surface area contributed by atoms with Crippen molar-refractivity contribution < 1.29 is 13.5 Å². The summed E-state index contributed by atoms with van der Waals surface area (Å²) >= 11 is 6.37. The molecular weight excluding hydrogens is 494 g/mol. The van der Waals surface area contributed by atoms with Gasteiger partial charge in [-0.1, -0.05) is 29.5 Å². The normalized spacial score (nSPS) is 11.6. The van der Waals surface area contributed by atoms with Crippen molar-refractivity contribution >= 4 is 55.9 Å². The second-order valence-corrected chi connectivity index (χ2v) is 10.4. The van der Waals surface area contributed by atoms with Gasteiger partial charge in [-0.15, -0.1) is 10.2 Å². The predicted molar refractivity (Wildman–Crippen MR) is 133 cm³/mol. The van der Waals surface area contributed by atoms with Crippen molar-refractivity contribution in [1.82, 2.24) is 14.6 Å². The summed E-state index contributed by atoms with van der Waals surface area (Å²) in [4.78, 5) is 8.21. The van der Waals surface area contributed by atoms with Gasteiger partial charge in [-0.05, 0) is 68.5 Å². The summed E-state index contributed by atoms with van der Waals surface area (Å²) in [7, 11) is -3.88. The number of rotatable bonds is 7. The van der Waals surface area contributed by atoms with E-state index in [-0.39, 0.29) is 21.7 Å². The SMILES string of the molecule is Cc1cc(C)nc(NS(=O)(=O)c2ccc(N=Nc3sc(=S)n(Nc4ccccc4)c3O)cc2)n1. The molecule has 0 saturated heterocycles. The number of hydrogen-bond acceptors (Lipinski definition) is 10. The summed E-state index contributed by atoms with van der Waals surface area (Å²) in [5, 5.41) is 18.8. The monoisotopic (exact) mass is 513 g/mol. The quantitative estimate of drug-likeness (QED) is 0.220. The first-order valence-electron chi connectivity index (χ1n) is 9.85. The van der Waals surface area contributed by atoms with E-state index in [9.17, 15) is 13.5 Å². The molecule has 3 N–H and O–H groups in total. The zero-order valence-corrected chi connectivity index (χ0v) is 20.4. The first kappa shape index (κ1) is 23.5. The van der Waals surface area contributed by atoms with Crippen LogP contribution in [0.3, 0.4) is 0 Å². The Morgan fingerprint density at radius 2 is 1.65 bits per heavy atom. The van der Waals surface area contributed by atoms with Crippen LogP contribution in [0.1, 0.15) is 11.4 Å². The molecule has 34 heavy (non-hydrogen) atoms. The maximum absolute atomic E-state index is 12.7. The van der Waals surface area contributed by atoms with Crippen LogP contribution in [-0.4, -0.2) is 28.2 Å². The lowest BCUT2D eigenvalue weighted by atomic mass is 10.3. The first-order valence-corrected chi connectivity index (χ1v) is 12.6. The third kappa shape index (κ3) is 5.44. The Morgan fingerprint density at radius 1 is 1.00 bits per heavy atom. The summed E-state index contributed by atoms with van der Waals surface area (Å²) in [5.41, 5.74) is 5.44. The molecule has 0 spiro atoms. The fourth-order valence-corrected chi connectivity index (χ4v) is 4.87. The summed E-state index contributed by atoms with van der Waals surface area (Å²) in [6.07, 6.45) is 0. The van der Waals surface area contributed by atoms with E-state index in [0.717, 1.165) is 17.0 Å². The summed E-state index contributed by atoms with van der Waals surface area (Å²) in [6, 6.07) is 16.8. The second-order valence-electron chi connectivity index (χ2n) is 7.08. The lowest BCUT2D eigenvalue weighted by Gasteiger charge is -2.08. The highest BCUT2D eigenvalue weighted by Crippen LogP contribution is 2.35. The number of anilines is 2. The number of aryl methyl sites for hydroxylation is 2. The fraction of sp³-hybridized carbons (Fsp3) is 0.0952. The Morgan fingerprint density at radius 3 is 2.29 bits per heavy atom. The molecule has 174 valence electrons. The molecule has 0 saturated carbocycles. The van der Waals surface area contributed by atoms with E-state index in [1.807, 2.05) is 30.3 Å². The number of benzene rings is 2. The highest BCUT2D eigenvalue weighted by Gasteiger charge is 2.16. The van der Waals surface area contributed by atoms with Crippen LogP contribution in [0.5, 0.6) is 5.88 Å². The van der Waals surface area contributed by atoms with Gasteiger partial charge in [0.25, 0.3) is 15.9 Å². The molecule has 0 aliphatic rings. The molecule has 13 heteroatoms. The minimum Gasteiger partial charge on any atom is -0.491 e. The number of nitrogens with zero attached hydrogens (tertiary/aromatic N) is 5. The van der Waals surface area contributed by atoms with Gasteiger partial charge >= 0.3 is 0 Å². The molecule has 0 aliphatic carbocycles. The number of aromatic hydroxyl groups is 1. The third-order valence-corrected chi connectivity index (χ3v) is 6.99. The molecule has 0 radical (unpaired) electrons. The van der Waals surface area contributed by atoms with Crippen LogP contribution in [0.15, 0.2) is 75.8 Å². The first-order chi connectivity index (χ1) is 16.2. The number of para-hydroxylation sites is 1. The molecule has 0 aliphatic heterocycles. The van der Waals surface area contributed by atoms with Crippen molar-refractivity contribution in [3.8, 4) is 5.88 Å². The van der Waals surface area contributed by atoms with Crippen molar-refractivity contribution in [2.45, 2.75) is 18.7 Å². The maximum Gasteiger partial charge on any atom is 0.264 e. The van der Waals surface area contributed by atoms with Gasteiger partial charge < -0.3 is 5.11 Å². The molecule has 0 fully saturated rings. The summed E-state index contributed by atoms with van der Waals surface area (Å²) in [5.74, 6) is -0.175. The van der Waals surface area contributed by atoms with Gasteiger partial charge in [0.1, 0.15) is 0 Å². The van der Waals surface area contributed by atoms with Crippen molar-refractivity contribution in [2.24, 2.45) is 10.2 Å². The number of aromatic nitrogens is 3. The molecule has 2 heterocycles. The van der Waals surface area contributed by atoms with Gasteiger partial charge in [0.2, 0.25) is 10.9 Å². The number of thiazole rings is 1. The molecular formula is C21H19N7O3S3. The fourth-order valence-electron chi connectivity index (χ4n) is 2.91. The molecule has 0 atom stereocenters. The number of azo groups is 1. The Labute approximate surface area is 204 Å². The highest BCUT2D eigenvalue weighted by molar-refractivity contribution is 7.92. The number of sulfonamides is 1. The largest absolute Gasteiger partial charge is 0.491 e. The van der Waals surface area contributed by atoms with E-state index in [1.165, 1.54) is 28.9 Å². The highest BCUT2D eigenvalue weighted by atomic mass is 32.2. The minimum absolute atomic E-state index is 0.00608. The van der Waals surface area contributed by atoms with Gasteiger partial charge in [0.15, 0.2) is 3.95 Å². The van der Waals surface area contributed by atoms with Gasteiger partial charge in [0.05, 0.1) is 16.3 Å². The molecule has 10 nitrogen and oxygen atoms in total. The molecule has 0 unspecified atom stereocenters. The summed E-state index contributed by atoms with van der Waals surface area (Å²) < 4.78 is 29.4. The molecule has 2 aromatic carbocycles. The molecule has 4 rings (SSSR count). The standard InChI is InChI=1S/C21H19N7O3S3/c1-13-12-14(2)23-20(22-13)27-34(30,31)17-10-8-15(9-11-17)24-25-18-19(29)28(21(32)33-18)26-16-6-4-3-5-7-16/h3-12,26,29H,1-2H3,(H,22,23,27). The Kier molecular flexibility index (Phi) is 6.68. The third-order valence-electron chi connectivity index (χ3n) is 4.40. The Bertz CT molecular complexity index is 1490. The molecule has 0 bridgehead atoms. The van der Waals surface area contributed by atoms with Crippen LogP contribution < -0.4 is 10.1 Å². The maximum atomic E-state index is 12.7. The van der Waals surface area contributed by atoms with Crippen LogP contribution in [0.2, 0.25) is 0 Å². The zero-order chi connectivity index (χ0) is 24.3. The van der Waals surface area contributed by atoms with Crippen LogP contribution in [0, 0.1) is 17.8 Å². The van der Waals surface area contributed by atoms with Crippen molar-refractivity contribution in [3.05, 3.63) is 76.0 Å². The van der Waals surface area contributed by atoms with E-state index in [0.29, 0.717) is 21.0 Å². The number of hydrogen-bond donors (Lipinski definition) is 3. The molecule has 0 amide bonds. The summed E-state index contributed by atoms with van der Waals surface area (Å²) in [6.45, 7) is 3.51. The second kappa shape index (κ2) is 9.67.